The van der Waals surface area contributed by atoms with Crippen LogP contribution in [0.2, 0.25) is 0 Å². The molecule has 3 atom stereocenters. The van der Waals surface area contributed by atoms with Crippen molar-refractivity contribution in [3.05, 3.63) is 0 Å². The maximum absolute atomic E-state index is 12.4. The van der Waals surface area contributed by atoms with Crippen LogP contribution in [0.15, 0.2) is 0 Å². The van der Waals surface area contributed by atoms with Gasteiger partial charge in [-0.3, -0.25) is 18.6 Å². The zero-order valence-corrected chi connectivity index (χ0v) is 42.2. The number of aliphatic hydroxyl groups is 2. The van der Waals surface area contributed by atoms with Crippen LogP contribution in [0.5, 0.6) is 0 Å². The average molecular weight is 919 g/mol. The van der Waals surface area contributed by atoms with E-state index < -0.39 is 58.4 Å². The number of aliphatic hydroxyl groups excluding tert-OH is 2. The highest BCUT2D eigenvalue weighted by Gasteiger charge is 2.27. The van der Waals surface area contributed by atoms with Crippen LogP contribution >= 0.6 is 7.82 Å². The second-order valence-electron chi connectivity index (χ2n) is 18.6. The Hall–Kier alpha value is -1.03. The van der Waals surface area contributed by atoms with Gasteiger partial charge in [-0.1, -0.05) is 258 Å². The van der Waals surface area contributed by atoms with E-state index in [-0.39, 0.29) is 12.8 Å². The number of hydrogen-bond acceptors (Lipinski definition) is 9. The van der Waals surface area contributed by atoms with Crippen molar-refractivity contribution in [2.45, 2.75) is 296 Å². The summed E-state index contributed by atoms with van der Waals surface area (Å²) in [5.41, 5.74) is 0. The van der Waals surface area contributed by atoms with Gasteiger partial charge >= 0.3 is 19.8 Å². The average Bonchev–Trinajstić information content (AvgIpc) is 3.27. The van der Waals surface area contributed by atoms with Crippen LogP contribution in [0.25, 0.3) is 0 Å². The molecule has 3 unspecified atom stereocenters. The van der Waals surface area contributed by atoms with Crippen LogP contribution in [0.3, 0.4) is 0 Å². The number of ether oxygens (including phenoxy) is 2. The van der Waals surface area contributed by atoms with E-state index in [1.54, 1.807) is 0 Å². The smallest absolute Gasteiger partial charge is 0.457 e. The summed E-state index contributed by atoms with van der Waals surface area (Å²) in [4.78, 5) is 34.7. The van der Waals surface area contributed by atoms with Crippen LogP contribution in [0.4, 0.5) is 0 Å². The first-order valence-corrected chi connectivity index (χ1v) is 28.5. The molecule has 0 radical (unpaired) electrons. The Morgan fingerprint density at radius 3 is 0.746 bits per heavy atom. The fraction of sp³-hybridized carbons (Fsp3) is 0.962. The lowest BCUT2D eigenvalue weighted by molar-refractivity contribution is -0.153. The molecule has 0 aromatic heterocycles. The third kappa shape index (κ3) is 47.3. The molecule has 0 spiro atoms. The lowest BCUT2D eigenvalue weighted by atomic mass is 10.0. The van der Waals surface area contributed by atoms with Gasteiger partial charge in [0.25, 0.3) is 0 Å². The standard InChI is InChI=1S/C52H103O10P/c1-3-5-7-9-11-13-15-17-19-21-23-24-25-26-28-30-32-34-36-38-40-42-44-52(56)62-50(46-54)48-60-63(57,58)59-47-49(45-53)61-51(55)43-41-39-37-35-33-31-29-27-22-20-18-16-14-12-10-8-6-4-2/h49-50,53-54H,3-48H2,1-2H3,(H,57,58). The van der Waals surface area contributed by atoms with E-state index in [1.165, 1.54) is 205 Å². The minimum absolute atomic E-state index is 0.200. The van der Waals surface area contributed by atoms with Crippen molar-refractivity contribution in [1.82, 2.24) is 0 Å². The van der Waals surface area contributed by atoms with Crippen LogP contribution < -0.4 is 0 Å². The van der Waals surface area contributed by atoms with E-state index in [9.17, 15) is 29.3 Å². The minimum Gasteiger partial charge on any atom is -0.457 e. The number of phosphoric ester groups is 1. The summed E-state index contributed by atoms with van der Waals surface area (Å²) in [6, 6.07) is 0. The normalized spacial score (nSPS) is 13.5. The number of phosphoric acid groups is 1. The van der Waals surface area contributed by atoms with Gasteiger partial charge in [-0.25, -0.2) is 4.57 Å². The third-order valence-corrected chi connectivity index (χ3v) is 13.3. The Morgan fingerprint density at radius 2 is 0.556 bits per heavy atom. The lowest BCUT2D eigenvalue weighted by Gasteiger charge is -2.20. The molecule has 0 aromatic rings. The Balaban J connectivity index is 3.76. The Kier molecular flexibility index (Phi) is 48.1. The molecule has 376 valence electrons. The summed E-state index contributed by atoms with van der Waals surface area (Å²) in [5.74, 6) is -0.998. The van der Waals surface area contributed by atoms with E-state index in [2.05, 4.69) is 13.8 Å². The number of carbonyl (C=O) groups is 2. The van der Waals surface area contributed by atoms with Crippen LogP contribution in [0.1, 0.15) is 284 Å². The predicted molar refractivity (Wildman–Crippen MR) is 261 cm³/mol. The molecule has 0 aromatic carbocycles. The van der Waals surface area contributed by atoms with Crippen LogP contribution in [-0.4, -0.2) is 65.7 Å². The molecule has 0 saturated heterocycles. The summed E-state index contributed by atoms with van der Waals surface area (Å²) in [6.45, 7) is 2.29. The summed E-state index contributed by atoms with van der Waals surface area (Å²) >= 11 is 0. The van der Waals surface area contributed by atoms with Crippen LogP contribution in [-0.2, 0) is 32.7 Å². The number of rotatable bonds is 52. The van der Waals surface area contributed by atoms with Crippen molar-refractivity contribution in [1.29, 1.82) is 0 Å². The molecule has 11 heteroatoms. The van der Waals surface area contributed by atoms with Crippen molar-refractivity contribution >= 4 is 19.8 Å². The lowest BCUT2D eigenvalue weighted by Crippen LogP contribution is -2.28. The maximum Gasteiger partial charge on any atom is 0.472 e. The van der Waals surface area contributed by atoms with E-state index >= 15 is 0 Å². The van der Waals surface area contributed by atoms with E-state index in [0.29, 0.717) is 12.8 Å². The van der Waals surface area contributed by atoms with E-state index in [4.69, 9.17) is 18.5 Å². The molecular weight excluding hydrogens is 816 g/mol. The second kappa shape index (κ2) is 48.9. The van der Waals surface area contributed by atoms with Gasteiger partial charge in [0.2, 0.25) is 0 Å². The molecule has 0 aliphatic carbocycles. The van der Waals surface area contributed by atoms with Crippen molar-refractivity contribution in [2.75, 3.05) is 26.4 Å². The summed E-state index contributed by atoms with van der Waals surface area (Å²) < 4.78 is 32.8. The van der Waals surface area contributed by atoms with E-state index in [1.807, 2.05) is 0 Å². The fourth-order valence-electron chi connectivity index (χ4n) is 8.18. The molecular formula is C52H103O10P. The number of unbranched alkanes of at least 4 members (excludes halogenated alkanes) is 38. The molecule has 0 rings (SSSR count). The summed E-state index contributed by atoms with van der Waals surface area (Å²) in [7, 11) is -4.64. The molecule has 0 fully saturated rings. The summed E-state index contributed by atoms with van der Waals surface area (Å²) in [5, 5.41) is 19.3. The molecule has 0 heterocycles. The molecule has 0 aliphatic heterocycles. The molecule has 63 heavy (non-hydrogen) atoms. The van der Waals surface area contributed by atoms with Crippen LogP contribution in [0, 0.1) is 0 Å². The van der Waals surface area contributed by atoms with Gasteiger partial charge < -0.3 is 24.6 Å². The molecule has 0 bridgehead atoms. The topological polar surface area (TPSA) is 149 Å². The first-order valence-electron chi connectivity index (χ1n) is 27.0. The molecule has 3 N–H and O–H groups in total. The van der Waals surface area contributed by atoms with Gasteiger partial charge in [0.15, 0.2) is 0 Å². The zero-order valence-electron chi connectivity index (χ0n) is 41.3. The van der Waals surface area contributed by atoms with Gasteiger partial charge in [0, 0.05) is 12.8 Å². The largest absolute Gasteiger partial charge is 0.472 e. The van der Waals surface area contributed by atoms with Crippen molar-refractivity contribution in [2.24, 2.45) is 0 Å². The quantitative estimate of drug-likeness (QED) is 0.0306. The molecule has 10 nitrogen and oxygen atoms in total. The highest BCUT2D eigenvalue weighted by atomic mass is 31.2. The zero-order chi connectivity index (χ0) is 46.2. The molecule has 0 aliphatic rings. The van der Waals surface area contributed by atoms with Crippen molar-refractivity contribution in [3.63, 3.8) is 0 Å². The first kappa shape index (κ1) is 62.0. The highest BCUT2D eigenvalue weighted by molar-refractivity contribution is 7.47. The third-order valence-electron chi connectivity index (χ3n) is 12.3. The monoisotopic (exact) mass is 919 g/mol. The number of carbonyl (C=O) groups excluding carboxylic acids is 2. The SMILES string of the molecule is CCCCCCCCCCCCCCCCCCCCCCCCC(=O)OC(CO)COP(=O)(O)OCC(CO)OC(=O)CCCCCCCCCCCCCCCCCCCC. The number of hydrogen-bond donors (Lipinski definition) is 3. The predicted octanol–water partition coefficient (Wildman–Crippen LogP) is 15.4. The Morgan fingerprint density at radius 1 is 0.365 bits per heavy atom. The second-order valence-corrected chi connectivity index (χ2v) is 20.0. The van der Waals surface area contributed by atoms with Crippen molar-refractivity contribution < 1.29 is 47.8 Å². The number of esters is 2. The fourth-order valence-corrected chi connectivity index (χ4v) is 8.96. The van der Waals surface area contributed by atoms with Gasteiger partial charge in [0.05, 0.1) is 26.4 Å². The summed E-state index contributed by atoms with van der Waals surface area (Å²) in [6.07, 6.45) is 49.4. The first-order chi connectivity index (χ1) is 30.8. The Labute approximate surface area is 388 Å². The Bertz CT molecular complexity index is 1010. The molecule has 0 amide bonds. The van der Waals surface area contributed by atoms with Crippen molar-refractivity contribution in [3.8, 4) is 0 Å². The maximum atomic E-state index is 12.4. The molecule has 0 saturated carbocycles. The highest BCUT2D eigenvalue weighted by Crippen LogP contribution is 2.43. The minimum atomic E-state index is -4.64. The van der Waals surface area contributed by atoms with E-state index in [0.717, 1.165) is 38.5 Å². The van der Waals surface area contributed by atoms with Gasteiger partial charge in [0.1, 0.15) is 12.2 Å². The van der Waals surface area contributed by atoms with Gasteiger partial charge in [-0.15, -0.1) is 0 Å². The van der Waals surface area contributed by atoms with Gasteiger partial charge in [-0.05, 0) is 12.8 Å². The van der Waals surface area contributed by atoms with Gasteiger partial charge in [-0.2, -0.15) is 0 Å².